The molecule has 44 heavy (non-hydrogen) atoms. The molecule has 1 atom stereocenters. The summed E-state index contributed by atoms with van der Waals surface area (Å²) in [5, 5.41) is 40.1. The van der Waals surface area contributed by atoms with Crippen molar-refractivity contribution in [2.45, 2.75) is 19.4 Å². The highest BCUT2D eigenvalue weighted by molar-refractivity contribution is 5.90. The van der Waals surface area contributed by atoms with Gasteiger partial charge < -0.3 is 35.2 Å². The largest absolute Gasteiger partial charge is 0.481 e. The highest BCUT2D eigenvalue weighted by atomic mass is 16.5. The van der Waals surface area contributed by atoms with E-state index in [1.54, 1.807) is 0 Å². The highest BCUT2D eigenvalue weighted by Gasteiger charge is 2.19. The highest BCUT2D eigenvalue weighted by Crippen LogP contribution is 2.26. The van der Waals surface area contributed by atoms with Crippen molar-refractivity contribution in [2.24, 2.45) is 0 Å². The van der Waals surface area contributed by atoms with Gasteiger partial charge in [0, 0.05) is 63.6 Å². The summed E-state index contributed by atoms with van der Waals surface area (Å²) < 4.78 is 6.33. The molecule has 0 saturated carbocycles. The lowest BCUT2D eigenvalue weighted by Crippen LogP contribution is -2.47. The first-order valence-corrected chi connectivity index (χ1v) is 13.5. The Balaban J connectivity index is 0.000000498. The smallest absolute Gasteiger partial charge is 0.328 e. The molecule has 0 spiro atoms. The molecule has 5 N–H and O–H groups in total. The van der Waals surface area contributed by atoms with Crippen LogP contribution in [0, 0.1) is 6.92 Å². The summed E-state index contributed by atoms with van der Waals surface area (Å²) in [5.41, 5.74) is 3.59. The maximum absolute atomic E-state index is 10.7. The second-order valence-corrected chi connectivity index (χ2v) is 9.42. The lowest BCUT2D eigenvalue weighted by molar-refractivity contribution is -0.137. The number of rotatable bonds is 13. The number of benzene rings is 2. The van der Waals surface area contributed by atoms with Crippen molar-refractivity contribution in [3.05, 3.63) is 95.6 Å². The molecular formula is C31H38N2O11. The molecule has 0 radical (unpaired) electrons. The maximum atomic E-state index is 10.7. The number of hydrogen-bond donors (Lipinski definition) is 5. The van der Waals surface area contributed by atoms with Crippen LogP contribution in [0.15, 0.2) is 78.9 Å². The summed E-state index contributed by atoms with van der Waals surface area (Å²) in [4.78, 5) is 53.5. The second kappa shape index (κ2) is 20.9. The monoisotopic (exact) mass is 614 g/mol. The van der Waals surface area contributed by atoms with Crippen molar-refractivity contribution >= 4 is 29.8 Å². The van der Waals surface area contributed by atoms with Crippen molar-refractivity contribution in [1.82, 2.24) is 9.80 Å². The Morgan fingerprint density at radius 2 is 1.07 bits per heavy atom. The van der Waals surface area contributed by atoms with E-state index in [1.165, 1.54) is 16.7 Å². The van der Waals surface area contributed by atoms with Crippen LogP contribution < -0.4 is 0 Å². The Bertz CT molecular complexity index is 1190. The van der Waals surface area contributed by atoms with Crippen molar-refractivity contribution in [3.8, 4) is 0 Å². The van der Waals surface area contributed by atoms with Gasteiger partial charge in [0.2, 0.25) is 0 Å². The standard InChI is InChI=1S/C23H30N2O3.2C4H4O4/c1-19-7-9-21(10-8-19)23(20-5-3-2-4-6-20)28-18-17-25-15-13-24(14-16-25)12-11-22(26)27;2*5-3(6)1-2-4(7)8/h2-10,23H,11-18H2,1H3,(H,26,27);2*1-2H,(H,5,6)(H,7,8)/b;2*2-1-. The van der Waals surface area contributed by atoms with Crippen LogP contribution in [0.3, 0.4) is 0 Å². The average molecular weight is 615 g/mol. The lowest BCUT2D eigenvalue weighted by atomic mass is 10.0. The minimum Gasteiger partial charge on any atom is -0.481 e. The first-order valence-electron chi connectivity index (χ1n) is 13.5. The number of carbonyl (C=O) groups is 5. The molecule has 1 aliphatic rings. The summed E-state index contributed by atoms with van der Waals surface area (Å²) in [7, 11) is 0. The first kappa shape index (κ1) is 37.2. The Morgan fingerprint density at radius 1 is 0.659 bits per heavy atom. The molecule has 1 saturated heterocycles. The van der Waals surface area contributed by atoms with Gasteiger partial charge in [0.1, 0.15) is 6.10 Å². The zero-order chi connectivity index (χ0) is 32.9. The Hall–Kier alpha value is -4.85. The van der Waals surface area contributed by atoms with E-state index in [9.17, 15) is 24.0 Å². The van der Waals surface area contributed by atoms with Gasteiger partial charge in [0.15, 0.2) is 0 Å². The molecule has 3 rings (SSSR count). The minimum atomic E-state index is -1.26. The third-order valence-corrected chi connectivity index (χ3v) is 6.02. The normalized spacial score (nSPS) is 14.1. The van der Waals surface area contributed by atoms with Gasteiger partial charge in [-0.05, 0) is 18.1 Å². The van der Waals surface area contributed by atoms with Gasteiger partial charge in [-0.2, -0.15) is 0 Å². The van der Waals surface area contributed by atoms with Gasteiger partial charge in [-0.25, -0.2) is 19.2 Å². The Morgan fingerprint density at radius 3 is 1.48 bits per heavy atom. The second-order valence-electron chi connectivity index (χ2n) is 9.42. The van der Waals surface area contributed by atoms with Gasteiger partial charge >= 0.3 is 29.8 Å². The fourth-order valence-corrected chi connectivity index (χ4v) is 3.83. The van der Waals surface area contributed by atoms with E-state index in [0.717, 1.165) is 32.7 Å². The SMILES string of the molecule is Cc1ccc(C(OCCN2CCN(CCC(=O)O)CC2)c2ccccc2)cc1.O=C(O)/C=C\C(=O)O.O=C(O)/C=C\C(=O)O. The fourth-order valence-electron chi connectivity index (χ4n) is 3.83. The van der Waals surface area contributed by atoms with Crippen LogP contribution >= 0.6 is 0 Å². The Kier molecular flexibility index (Phi) is 17.7. The van der Waals surface area contributed by atoms with Gasteiger partial charge in [0.05, 0.1) is 13.0 Å². The number of nitrogens with zero attached hydrogens (tertiary/aromatic N) is 2. The topological polar surface area (TPSA) is 202 Å². The van der Waals surface area contributed by atoms with E-state index in [2.05, 4.69) is 65.3 Å². The Labute approximate surface area is 254 Å². The molecule has 0 amide bonds. The molecule has 1 unspecified atom stereocenters. The molecule has 0 aliphatic carbocycles. The zero-order valence-corrected chi connectivity index (χ0v) is 24.3. The molecule has 1 fully saturated rings. The number of carboxylic acids is 5. The van der Waals surface area contributed by atoms with Crippen LogP contribution in [0.2, 0.25) is 0 Å². The molecule has 13 nitrogen and oxygen atoms in total. The minimum absolute atomic E-state index is 0.0568. The van der Waals surface area contributed by atoms with E-state index >= 15 is 0 Å². The maximum Gasteiger partial charge on any atom is 0.328 e. The molecule has 1 aliphatic heterocycles. The van der Waals surface area contributed by atoms with Crippen molar-refractivity contribution in [2.75, 3.05) is 45.9 Å². The van der Waals surface area contributed by atoms with Gasteiger partial charge in [-0.3, -0.25) is 9.69 Å². The lowest BCUT2D eigenvalue weighted by Gasteiger charge is -2.34. The number of aliphatic carboxylic acids is 5. The molecule has 238 valence electrons. The fraction of sp³-hybridized carbons (Fsp3) is 0.323. The van der Waals surface area contributed by atoms with Crippen molar-refractivity contribution in [1.29, 1.82) is 0 Å². The number of ether oxygens (including phenoxy) is 1. The molecule has 0 aromatic heterocycles. The van der Waals surface area contributed by atoms with Crippen LogP contribution in [-0.4, -0.2) is 111 Å². The van der Waals surface area contributed by atoms with Crippen LogP contribution in [0.4, 0.5) is 0 Å². The third kappa shape index (κ3) is 17.9. The predicted octanol–water partition coefficient (Wildman–Crippen LogP) is 2.62. The molecule has 13 heteroatoms. The van der Waals surface area contributed by atoms with E-state index in [0.29, 0.717) is 37.5 Å². The summed E-state index contributed by atoms with van der Waals surface area (Å²) >= 11 is 0. The summed E-state index contributed by atoms with van der Waals surface area (Å²) in [6.45, 7) is 8.07. The number of hydrogen-bond acceptors (Lipinski definition) is 8. The molecule has 1 heterocycles. The summed E-state index contributed by atoms with van der Waals surface area (Å²) in [5.74, 6) is -5.75. The van der Waals surface area contributed by atoms with E-state index in [1.807, 2.05) is 6.07 Å². The van der Waals surface area contributed by atoms with Gasteiger partial charge in [0.25, 0.3) is 0 Å². The molecule has 0 bridgehead atoms. The van der Waals surface area contributed by atoms with Crippen molar-refractivity contribution < 1.29 is 54.2 Å². The molecule has 2 aromatic carbocycles. The average Bonchev–Trinajstić information content (AvgIpc) is 2.98. The predicted molar refractivity (Wildman–Crippen MR) is 159 cm³/mol. The van der Waals surface area contributed by atoms with E-state index in [4.69, 9.17) is 30.3 Å². The first-order chi connectivity index (χ1) is 20.9. The quantitative estimate of drug-likeness (QED) is 0.206. The van der Waals surface area contributed by atoms with Gasteiger partial charge in [-0.15, -0.1) is 0 Å². The van der Waals surface area contributed by atoms with Crippen LogP contribution in [-0.2, 0) is 28.7 Å². The number of piperazine rings is 1. The third-order valence-electron chi connectivity index (χ3n) is 6.02. The van der Waals surface area contributed by atoms with E-state index < -0.39 is 29.8 Å². The molecular weight excluding hydrogens is 576 g/mol. The zero-order valence-electron chi connectivity index (χ0n) is 24.3. The van der Waals surface area contributed by atoms with Crippen LogP contribution in [0.1, 0.15) is 29.2 Å². The number of carboxylic acid groups (broad SMARTS) is 5. The number of aryl methyl sites for hydroxylation is 1. The van der Waals surface area contributed by atoms with Gasteiger partial charge in [-0.1, -0.05) is 60.2 Å². The van der Waals surface area contributed by atoms with Crippen molar-refractivity contribution in [3.63, 3.8) is 0 Å². The van der Waals surface area contributed by atoms with E-state index in [-0.39, 0.29) is 12.5 Å². The van der Waals surface area contributed by atoms with Crippen LogP contribution in [0.5, 0.6) is 0 Å². The summed E-state index contributed by atoms with van der Waals surface area (Å²) in [6, 6.07) is 18.9. The summed E-state index contributed by atoms with van der Waals surface area (Å²) in [6.07, 6.45) is 2.40. The van der Waals surface area contributed by atoms with Crippen LogP contribution in [0.25, 0.3) is 0 Å². The molecule has 2 aromatic rings.